The fraction of sp³-hybridized carbons (Fsp3) is 0.778. The van der Waals surface area contributed by atoms with Crippen molar-refractivity contribution in [3.05, 3.63) is 0 Å². The van der Waals surface area contributed by atoms with Gasteiger partial charge in [-0.3, -0.25) is 15.0 Å². The van der Waals surface area contributed by atoms with Crippen LogP contribution in [0, 0.1) is 5.92 Å². The van der Waals surface area contributed by atoms with E-state index in [2.05, 4.69) is 15.6 Å². The van der Waals surface area contributed by atoms with Gasteiger partial charge in [-0.25, -0.2) is 5.43 Å². The molecule has 0 aromatic carbocycles. The Morgan fingerprint density at radius 2 is 2.00 bits per heavy atom. The second kappa shape index (κ2) is 6.37. The fourth-order valence-corrected chi connectivity index (χ4v) is 0.976. The Balaban J connectivity index is 4.24. The number of amides is 1. The first-order valence-corrected chi connectivity index (χ1v) is 4.62. The molecule has 0 bridgehead atoms. The molecule has 1 amide bonds. The number of hydrogen-bond donors (Lipinski definition) is 2. The van der Waals surface area contributed by atoms with E-state index in [9.17, 15) is 9.59 Å². The summed E-state index contributed by atoms with van der Waals surface area (Å²) in [7, 11) is 1.33. The van der Waals surface area contributed by atoms with Gasteiger partial charge in [-0.15, -0.1) is 0 Å². The van der Waals surface area contributed by atoms with Gasteiger partial charge in [-0.05, 0) is 5.92 Å². The number of ether oxygens (including phenoxy) is 1. The number of hydrazine groups is 1. The number of carbonyl (C=O) groups is 2. The van der Waals surface area contributed by atoms with Crippen LogP contribution in [-0.2, 0) is 14.3 Å². The normalized spacial score (nSPS) is 14.3. The van der Waals surface area contributed by atoms with E-state index >= 15 is 0 Å². The maximum atomic E-state index is 11.3. The van der Waals surface area contributed by atoms with Crippen LogP contribution in [0.2, 0.25) is 0 Å². The van der Waals surface area contributed by atoms with Crippen molar-refractivity contribution in [2.24, 2.45) is 5.92 Å². The molecule has 0 aromatic heterocycles. The van der Waals surface area contributed by atoms with Crippen LogP contribution in [0.5, 0.6) is 0 Å². The number of methoxy groups -OCH3 is 1. The average molecular weight is 202 g/mol. The largest absolute Gasteiger partial charge is 0.468 e. The molecule has 0 rings (SSSR count). The fourth-order valence-electron chi connectivity index (χ4n) is 0.976. The minimum absolute atomic E-state index is 0.106. The molecule has 2 atom stereocenters. The van der Waals surface area contributed by atoms with Crippen molar-refractivity contribution in [1.82, 2.24) is 10.9 Å². The van der Waals surface area contributed by atoms with Gasteiger partial charge >= 0.3 is 5.97 Å². The topological polar surface area (TPSA) is 67.4 Å². The third-order valence-corrected chi connectivity index (χ3v) is 2.07. The SMILES string of the molecule is CC[C@H](C)[C@H](NNC(C)=O)C(=O)OC. The molecule has 0 aliphatic heterocycles. The van der Waals surface area contributed by atoms with Gasteiger partial charge in [0.2, 0.25) is 5.91 Å². The molecular formula is C9H18N2O3. The summed E-state index contributed by atoms with van der Waals surface area (Å²) in [4.78, 5) is 21.9. The Morgan fingerprint density at radius 1 is 1.43 bits per heavy atom. The standard InChI is InChI=1S/C9H18N2O3/c1-5-6(2)8(9(13)14-4)11-10-7(3)12/h6,8,11H,5H2,1-4H3,(H,10,12)/t6-,8-/m0/s1. The second-order valence-electron chi connectivity index (χ2n) is 3.21. The molecule has 0 saturated heterocycles. The molecule has 14 heavy (non-hydrogen) atoms. The maximum Gasteiger partial charge on any atom is 0.324 e. The number of esters is 1. The Bertz CT molecular complexity index is 206. The van der Waals surface area contributed by atoms with Gasteiger partial charge in [-0.2, -0.15) is 0 Å². The molecule has 5 nitrogen and oxygen atoms in total. The zero-order valence-corrected chi connectivity index (χ0v) is 9.09. The van der Waals surface area contributed by atoms with Gasteiger partial charge in [0.05, 0.1) is 7.11 Å². The van der Waals surface area contributed by atoms with E-state index in [1.807, 2.05) is 13.8 Å². The zero-order valence-electron chi connectivity index (χ0n) is 9.09. The summed E-state index contributed by atoms with van der Waals surface area (Å²) in [5, 5.41) is 0. The number of rotatable bonds is 5. The van der Waals surface area contributed by atoms with Crippen molar-refractivity contribution in [2.45, 2.75) is 33.2 Å². The average Bonchev–Trinajstić information content (AvgIpc) is 2.16. The highest BCUT2D eigenvalue weighted by molar-refractivity contribution is 5.77. The minimum atomic E-state index is -0.492. The van der Waals surface area contributed by atoms with Crippen molar-refractivity contribution >= 4 is 11.9 Å². The van der Waals surface area contributed by atoms with Crippen LogP contribution in [0.15, 0.2) is 0 Å². The highest BCUT2D eigenvalue weighted by Crippen LogP contribution is 2.08. The van der Waals surface area contributed by atoms with Crippen LogP contribution in [0.1, 0.15) is 27.2 Å². The van der Waals surface area contributed by atoms with Gasteiger partial charge in [0.25, 0.3) is 0 Å². The van der Waals surface area contributed by atoms with E-state index in [0.717, 1.165) is 6.42 Å². The van der Waals surface area contributed by atoms with Crippen LogP contribution in [-0.4, -0.2) is 25.0 Å². The van der Waals surface area contributed by atoms with Crippen molar-refractivity contribution in [3.63, 3.8) is 0 Å². The number of hydrogen-bond acceptors (Lipinski definition) is 4. The summed E-state index contributed by atoms with van der Waals surface area (Å²) >= 11 is 0. The van der Waals surface area contributed by atoms with Crippen LogP contribution in [0.3, 0.4) is 0 Å². The van der Waals surface area contributed by atoms with E-state index in [0.29, 0.717) is 0 Å². The van der Waals surface area contributed by atoms with E-state index in [1.54, 1.807) is 0 Å². The molecule has 0 fully saturated rings. The van der Waals surface area contributed by atoms with Crippen molar-refractivity contribution in [1.29, 1.82) is 0 Å². The van der Waals surface area contributed by atoms with E-state index in [-0.39, 0.29) is 17.8 Å². The van der Waals surface area contributed by atoms with Crippen LogP contribution in [0.4, 0.5) is 0 Å². The zero-order chi connectivity index (χ0) is 11.1. The van der Waals surface area contributed by atoms with Gasteiger partial charge < -0.3 is 4.74 Å². The summed E-state index contributed by atoms with van der Waals surface area (Å²) in [5.74, 6) is -0.496. The van der Waals surface area contributed by atoms with Gasteiger partial charge in [0.15, 0.2) is 0 Å². The molecule has 0 radical (unpaired) electrons. The van der Waals surface area contributed by atoms with Crippen molar-refractivity contribution < 1.29 is 14.3 Å². The molecule has 0 saturated carbocycles. The summed E-state index contributed by atoms with van der Waals surface area (Å²) in [6.07, 6.45) is 0.826. The first-order chi connectivity index (χ1) is 6.52. The van der Waals surface area contributed by atoms with Crippen molar-refractivity contribution in [2.75, 3.05) is 7.11 Å². The number of nitrogens with one attached hydrogen (secondary N) is 2. The number of carbonyl (C=O) groups excluding carboxylic acids is 2. The molecule has 0 aromatic rings. The quantitative estimate of drug-likeness (QED) is 0.494. The highest BCUT2D eigenvalue weighted by Gasteiger charge is 2.24. The lowest BCUT2D eigenvalue weighted by atomic mass is 10.0. The minimum Gasteiger partial charge on any atom is -0.468 e. The third kappa shape index (κ3) is 4.23. The lowest BCUT2D eigenvalue weighted by Gasteiger charge is -2.21. The Labute approximate surface area is 84.2 Å². The van der Waals surface area contributed by atoms with Gasteiger partial charge in [0.1, 0.15) is 6.04 Å². The molecule has 0 spiro atoms. The highest BCUT2D eigenvalue weighted by atomic mass is 16.5. The molecule has 0 unspecified atom stereocenters. The molecular weight excluding hydrogens is 184 g/mol. The molecule has 0 aliphatic carbocycles. The molecule has 82 valence electrons. The van der Waals surface area contributed by atoms with Crippen LogP contribution in [0.25, 0.3) is 0 Å². The van der Waals surface area contributed by atoms with Crippen LogP contribution >= 0.6 is 0 Å². The van der Waals surface area contributed by atoms with Crippen LogP contribution < -0.4 is 10.9 Å². The predicted molar refractivity (Wildman–Crippen MR) is 52.2 cm³/mol. The second-order valence-corrected chi connectivity index (χ2v) is 3.21. The first-order valence-electron chi connectivity index (χ1n) is 4.62. The molecule has 2 N–H and O–H groups in total. The first kappa shape index (κ1) is 12.9. The lowest BCUT2D eigenvalue weighted by Crippen LogP contribution is -2.50. The Hall–Kier alpha value is -1.10. The maximum absolute atomic E-state index is 11.3. The summed E-state index contributed by atoms with van der Waals surface area (Å²) < 4.78 is 4.61. The molecule has 5 heteroatoms. The Morgan fingerprint density at radius 3 is 2.36 bits per heavy atom. The lowest BCUT2D eigenvalue weighted by molar-refractivity contribution is -0.145. The van der Waals surface area contributed by atoms with E-state index in [1.165, 1.54) is 14.0 Å². The molecule has 0 heterocycles. The van der Waals surface area contributed by atoms with Crippen molar-refractivity contribution in [3.8, 4) is 0 Å². The van der Waals surface area contributed by atoms with Gasteiger partial charge in [-0.1, -0.05) is 20.3 Å². The third-order valence-electron chi connectivity index (χ3n) is 2.07. The summed E-state index contributed by atoms with van der Waals surface area (Å²) in [6, 6.07) is -0.492. The monoisotopic (exact) mass is 202 g/mol. The predicted octanol–water partition coefficient (Wildman–Crippen LogP) is 0.215. The van der Waals surface area contributed by atoms with Gasteiger partial charge in [0, 0.05) is 6.92 Å². The van der Waals surface area contributed by atoms with E-state index < -0.39 is 6.04 Å². The van der Waals surface area contributed by atoms with E-state index in [4.69, 9.17) is 0 Å². The Kier molecular flexibility index (Phi) is 5.87. The smallest absolute Gasteiger partial charge is 0.324 e. The summed E-state index contributed by atoms with van der Waals surface area (Å²) in [6.45, 7) is 5.25. The summed E-state index contributed by atoms with van der Waals surface area (Å²) in [5.41, 5.74) is 5.03. The molecule has 0 aliphatic rings.